The number of aliphatic hydroxyl groups is 1. The molecule has 0 bridgehead atoms. The average Bonchev–Trinajstić information content (AvgIpc) is 3.31. The summed E-state index contributed by atoms with van der Waals surface area (Å²) in [5, 5.41) is 9.81. The van der Waals surface area contributed by atoms with Crippen molar-refractivity contribution in [1.29, 1.82) is 0 Å². The van der Waals surface area contributed by atoms with Crippen LogP contribution in [0.2, 0.25) is 5.02 Å². The molecule has 27 heavy (non-hydrogen) atoms. The van der Waals surface area contributed by atoms with Crippen molar-refractivity contribution in [3.63, 3.8) is 0 Å². The van der Waals surface area contributed by atoms with E-state index in [1.54, 1.807) is 6.07 Å². The second kappa shape index (κ2) is 8.07. The number of benzene rings is 1. The highest BCUT2D eigenvalue weighted by atomic mass is 35.5. The molecule has 4 nitrogen and oxygen atoms in total. The van der Waals surface area contributed by atoms with Crippen molar-refractivity contribution < 1.29 is 14.3 Å². The zero-order chi connectivity index (χ0) is 18.8. The van der Waals surface area contributed by atoms with Crippen LogP contribution in [-0.2, 0) is 17.8 Å². The fourth-order valence-electron chi connectivity index (χ4n) is 4.46. The van der Waals surface area contributed by atoms with Crippen LogP contribution in [-0.4, -0.2) is 28.5 Å². The van der Waals surface area contributed by atoms with E-state index in [-0.39, 0.29) is 12.5 Å². The van der Waals surface area contributed by atoms with E-state index < -0.39 is 0 Å². The SMILES string of the molecule is O=C1C(Cc2ccc(-c3ccc(CO)o3)cc2Cl)CCN1C1CCCCC1. The molecule has 0 spiro atoms. The van der Waals surface area contributed by atoms with Crippen LogP contribution in [0.15, 0.2) is 34.7 Å². The zero-order valence-electron chi connectivity index (χ0n) is 15.5. The van der Waals surface area contributed by atoms with Crippen molar-refractivity contribution in [2.75, 3.05) is 6.54 Å². The van der Waals surface area contributed by atoms with Gasteiger partial charge in [-0.15, -0.1) is 0 Å². The minimum Gasteiger partial charge on any atom is -0.459 e. The van der Waals surface area contributed by atoms with Gasteiger partial charge in [-0.1, -0.05) is 43.0 Å². The Labute approximate surface area is 165 Å². The maximum atomic E-state index is 12.9. The Kier molecular flexibility index (Phi) is 5.55. The second-order valence-electron chi connectivity index (χ2n) is 7.74. The quantitative estimate of drug-likeness (QED) is 0.800. The van der Waals surface area contributed by atoms with E-state index in [4.69, 9.17) is 21.1 Å². The molecule has 2 fully saturated rings. The average molecular weight is 388 g/mol. The largest absolute Gasteiger partial charge is 0.459 e. The summed E-state index contributed by atoms with van der Waals surface area (Å²) < 4.78 is 5.58. The van der Waals surface area contributed by atoms with E-state index >= 15 is 0 Å². The van der Waals surface area contributed by atoms with Gasteiger partial charge in [0.25, 0.3) is 0 Å². The second-order valence-corrected chi connectivity index (χ2v) is 8.15. The van der Waals surface area contributed by atoms with E-state index in [2.05, 4.69) is 4.90 Å². The first-order valence-corrected chi connectivity index (χ1v) is 10.3. The molecule has 1 N–H and O–H groups in total. The summed E-state index contributed by atoms with van der Waals surface area (Å²) in [6.45, 7) is 0.771. The fourth-order valence-corrected chi connectivity index (χ4v) is 4.72. The van der Waals surface area contributed by atoms with Crippen LogP contribution in [0.4, 0.5) is 0 Å². The third-order valence-electron chi connectivity index (χ3n) is 5.99. The van der Waals surface area contributed by atoms with Crippen LogP contribution in [0.25, 0.3) is 11.3 Å². The molecule has 144 valence electrons. The van der Waals surface area contributed by atoms with E-state index in [1.807, 2.05) is 24.3 Å². The Morgan fingerprint density at radius 2 is 1.93 bits per heavy atom. The molecular weight excluding hydrogens is 362 g/mol. The molecular formula is C22H26ClNO3. The van der Waals surface area contributed by atoms with Gasteiger partial charge in [0.15, 0.2) is 0 Å². The monoisotopic (exact) mass is 387 g/mol. The molecule has 5 heteroatoms. The van der Waals surface area contributed by atoms with Crippen LogP contribution in [0.1, 0.15) is 49.8 Å². The topological polar surface area (TPSA) is 53.7 Å². The lowest BCUT2D eigenvalue weighted by Gasteiger charge is -2.31. The van der Waals surface area contributed by atoms with Gasteiger partial charge in [-0.05, 0) is 49.4 Å². The number of furan rings is 1. The maximum absolute atomic E-state index is 12.9. The highest BCUT2D eigenvalue weighted by Gasteiger charge is 2.36. The molecule has 1 aromatic heterocycles. The van der Waals surface area contributed by atoms with Crippen molar-refractivity contribution in [3.8, 4) is 11.3 Å². The van der Waals surface area contributed by atoms with Gasteiger partial charge < -0.3 is 14.4 Å². The molecule has 1 aliphatic heterocycles. The predicted molar refractivity (Wildman–Crippen MR) is 105 cm³/mol. The van der Waals surface area contributed by atoms with E-state index in [0.717, 1.165) is 36.9 Å². The number of hydrogen-bond donors (Lipinski definition) is 1. The number of carbonyl (C=O) groups is 1. The highest BCUT2D eigenvalue weighted by Crippen LogP contribution is 2.33. The van der Waals surface area contributed by atoms with Gasteiger partial charge in [-0.25, -0.2) is 0 Å². The number of carbonyl (C=O) groups excluding carboxylic acids is 1. The van der Waals surface area contributed by atoms with Gasteiger partial charge in [0.05, 0.1) is 0 Å². The van der Waals surface area contributed by atoms with Crippen molar-refractivity contribution in [2.45, 2.75) is 57.6 Å². The van der Waals surface area contributed by atoms with E-state index in [0.29, 0.717) is 34.9 Å². The number of aliphatic hydroxyl groups excluding tert-OH is 1. The fraction of sp³-hybridized carbons (Fsp3) is 0.500. The first kappa shape index (κ1) is 18.6. The summed E-state index contributed by atoms with van der Waals surface area (Å²) >= 11 is 6.52. The lowest BCUT2D eigenvalue weighted by atomic mass is 9.94. The van der Waals surface area contributed by atoms with Gasteiger partial charge in [0.2, 0.25) is 5.91 Å². The van der Waals surface area contributed by atoms with Gasteiger partial charge in [0.1, 0.15) is 18.1 Å². The summed E-state index contributed by atoms with van der Waals surface area (Å²) in [7, 11) is 0. The third kappa shape index (κ3) is 3.92. The number of likely N-dealkylation sites (tertiary alicyclic amines) is 1. The maximum Gasteiger partial charge on any atom is 0.226 e. The van der Waals surface area contributed by atoms with Gasteiger partial charge in [0, 0.05) is 29.1 Å². The van der Waals surface area contributed by atoms with Gasteiger partial charge >= 0.3 is 0 Å². The predicted octanol–water partition coefficient (Wildman–Crippen LogP) is 4.82. The van der Waals surface area contributed by atoms with Crippen molar-refractivity contribution in [1.82, 2.24) is 4.90 Å². The Balaban J connectivity index is 1.44. The number of amides is 1. The van der Waals surface area contributed by atoms with Crippen molar-refractivity contribution in [2.24, 2.45) is 5.92 Å². The summed E-state index contributed by atoms with van der Waals surface area (Å²) in [5.74, 6) is 1.57. The van der Waals surface area contributed by atoms with Crippen LogP contribution < -0.4 is 0 Å². The first-order chi connectivity index (χ1) is 13.2. The third-order valence-corrected chi connectivity index (χ3v) is 6.34. The standard InChI is InChI=1S/C22H26ClNO3/c23-20-13-16(21-9-8-19(14-25)27-21)7-6-15(20)12-17-10-11-24(22(17)26)18-4-2-1-3-5-18/h6-9,13,17-18,25H,1-5,10-12,14H2. The Morgan fingerprint density at radius 3 is 2.63 bits per heavy atom. The van der Waals surface area contributed by atoms with Gasteiger partial charge in [-0.3, -0.25) is 4.79 Å². The molecule has 2 aliphatic rings. The van der Waals surface area contributed by atoms with Crippen molar-refractivity contribution >= 4 is 17.5 Å². The molecule has 1 unspecified atom stereocenters. The minimum absolute atomic E-state index is 0.0416. The van der Waals surface area contributed by atoms with Crippen LogP contribution in [0.3, 0.4) is 0 Å². The molecule has 1 amide bonds. The van der Waals surface area contributed by atoms with Crippen LogP contribution >= 0.6 is 11.6 Å². The Morgan fingerprint density at radius 1 is 1.11 bits per heavy atom. The molecule has 4 rings (SSSR count). The van der Waals surface area contributed by atoms with Crippen LogP contribution in [0.5, 0.6) is 0 Å². The smallest absolute Gasteiger partial charge is 0.226 e. The number of hydrogen-bond acceptors (Lipinski definition) is 3. The molecule has 2 heterocycles. The molecule has 1 saturated carbocycles. The summed E-state index contributed by atoms with van der Waals surface area (Å²) in [6.07, 6.45) is 7.74. The van der Waals surface area contributed by atoms with Gasteiger partial charge in [-0.2, -0.15) is 0 Å². The number of halogens is 1. The number of rotatable bonds is 5. The normalized spacial score (nSPS) is 21.2. The van der Waals surface area contributed by atoms with Crippen LogP contribution in [0, 0.1) is 5.92 Å². The number of nitrogens with zero attached hydrogens (tertiary/aromatic N) is 1. The van der Waals surface area contributed by atoms with E-state index in [9.17, 15) is 4.79 Å². The zero-order valence-corrected chi connectivity index (χ0v) is 16.3. The molecule has 0 radical (unpaired) electrons. The van der Waals surface area contributed by atoms with Crippen molar-refractivity contribution in [3.05, 3.63) is 46.7 Å². The first-order valence-electron chi connectivity index (χ1n) is 9.94. The highest BCUT2D eigenvalue weighted by molar-refractivity contribution is 6.31. The Bertz CT molecular complexity index is 810. The molecule has 1 aliphatic carbocycles. The summed E-state index contributed by atoms with van der Waals surface area (Å²) in [5.41, 5.74) is 1.89. The van der Waals surface area contributed by atoms with E-state index in [1.165, 1.54) is 19.3 Å². The molecule has 1 aromatic carbocycles. The minimum atomic E-state index is -0.118. The molecule has 1 atom stereocenters. The summed E-state index contributed by atoms with van der Waals surface area (Å²) in [6, 6.07) is 9.89. The molecule has 2 aromatic rings. The lowest BCUT2D eigenvalue weighted by Crippen LogP contribution is -2.39. The Hall–Kier alpha value is -1.78. The lowest BCUT2D eigenvalue weighted by molar-refractivity contribution is -0.133. The molecule has 1 saturated heterocycles. The summed E-state index contributed by atoms with van der Waals surface area (Å²) in [4.78, 5) is 15.0.